The van der Waals surface area contributed by atoms with E-state index in [1.165, 1.54) is 19.2 Å². The highest BCUT2D eigenvalue weighted by molar-refractivity contribution is 6.00. The number of hydrogen-bond donors (Lipinski definition) is 2. The molecule has 7 heteroatoms. The number of carboxylic acids is 2. The maximum Gasteiger partial charge on any atom is 0.357 e. The van der Waals surface area contributed by atoms with E-state index < -0.39 is 23.3 Å². The fourth-order valence-electron chi connectivity index (χ4n) is 1.46. The van der Waals surface area contributed by atoms with Crippen LogP contribution in [-0.4, -0.2) is 39.2 Å². The van der Waals surface area contributed by atoms with Crippen LogP contribution in [0.5, 0.6) is 5.75 Å². The average Bonchev–Trinajstić information content (AvgIpc) is 2.36. The predicted molar refractivity (Wildman–Crippen MR) is 60.0 cm³/mol. The molecule has 0 radical (unpaired) electrons. The summed E-state index contributed by atoms with van der Waals surface area (Å²) < 4.78 is 4.97. The summed E-state index contributed by atoms with van der Waals surface area (Å²) in [7, 11) is 1.46. The Balaban J connectivity index is 2.76. The first-order chi connectivity index (χ1) is 8.52. The number of benzene rings is 1. The van der Waals surface area contributed by atoms with Crippen molar-refractivity contribution < 1.29 is 24.5 Å². The first-order valence-corrected chi connectivity index (χ1v) is 4.85. The molecule has 2 rings (SSSR count). The number of hydrogen-bond acceptors (Lipinski definition) is 5. The van der Waals surface area contributed by atoms with Crippen LogP contribution >= 0.6 is 0 Å². The van der Waals surface area contributed by atoms with Crippen molar-refractivity contribution in [3.8, 4) is 5.75 Å². The SMILES string of the molecule is COc1ccc2nc(C(=O)O)c(C(=O)O)nc2c1. The van der Waals surface area contributed by atoms with E-state index in [9.17, 15) is 9.59 Å². The normalized spacial score (nSPS) is 10.3. The van der Waals surface area contributed by atoms with Crippen LogP contribution in [0.25, 0.3) is 11.0 Å². The third kappa shape index (κ3) is 1.93. The van der Waals surface area contributed by atoms with Crippen molar-refractivity contribution in [2.45, 2.75) is 0 Å². The molecule has 0 fully saturated rings. The summed E-state index contributed by atoms with van der Waals surface area (Å²) in [5, 5.41) is 17.8. The Kier molecular flexibility index (Phi) is 2.80. The highest BCUT2D eigenvalue weighted by atomic mass is 16.5. The second kappa shape index (κ2) is 4.28. The second-order valence-electron chi connectivity index (χ2n) is 3.39. The van der Waals surface area contributed by atoms with Crippen LogP contribution in [0.4, 0.5) is 0 Å². The molecule has 0 bridgehead atoms. The summed E-state index contributed by atoms with van der Waals surface area (Å²) in [6.45, 7) is 0. The van der Waals surface area contributed by atoms with Crippen molar-refractivity contribution in [2.75, 3.05) is 7.11 Å². The smallest absolute Gasteiger partial charge is 0.357 e. The van der Waals surface area contributed by atoms with Crippen molar-refractivity contribution in [3.05, 3.63) is 29.6 Å². The molecule has 2 aromatic rings. The van der Waals surface area contributed by atoms with Gasteiger partial charge in [0.05, 0.1) is 18.1 Å². The Morgan fingerprint density at radius 1 is 1.06 bits per heavy atom. The molecule has 0 spiro atoms. The van der Waals surface area contributed by atoms with E-state index in [2.05, 4.69) is 9.97 Å². The van der Waals surface area contributed by atoms with Gasteiger partial charge in [-0.2, -0.15) is 0 Å². The lowest BCUT2D eigenvalue weighted by Gasteiger charge is -2.04. The topological polar surface area (TPSA) is 110 Å². The lowest BCUT2D eigenvalue weighted by Crippen LogP contribution is -2.13. The number of nitrogens with zero attached hydrogens (tertiary/aromatic N) is 2. The maximum atomic E-state index is 10.9. The molecule has 18 heavy (non-hydrogen) atoms. The molecule has 0 saturated heterocycles. The van der Waals surface area contributed by atoms with Crippen LogP contribution in [-0.2, 0) is 0 Å². The van der Waals surface area contributed by atoms with E-state index in [0.29, 0.717) is 11.3 Å². The van der Waals surface area contributed by atoms with Crippen LogP contribution in [0.1, 0.15) is 21.0 Å². The minimum Gasteiger partial charge on any atom is -0.497 e. The summed E-state index contributed by atoms with van der Waals surface area (Å²) in [6.07, 6.45) is 0. The zero-order chi connectivity index (χ0) is 13.3. The number of carboxylic acid groups (broad SMARTS) is 2. The largest absolute Gasteiger partial charge is 0.497 e. The zero-order valence-electron chi connectivity index (χ0n) is 9.25. The molecule has 92 valence electrons. The van der Waals surface area contributed by atoms with Gasteiger partial charge in [0.2, 0.25) is 0 Å². The second-order valence-corrected chi connectivity index (χ2v) is 3.39. The molecule has 2 N–H and O–H groups in total. The fraction of sp³-hybridized carbons (Fsp3) is 0.0909. The van der Waals surface area contributed by atoms with E-state index >= 15 is 0 Å². The summed E-state index contributed by atoms with van der Waals surface area (Å²) in [4.78, 5) is 29.4. The third-order valence-corrected chi connectivity index (χ3v) is 2.28. The number of rotatable bonds is 3. The molecule has 0 amide bonds. The quantitative estimate of drug-likeness (QED) is 0.834. The van der Waals surface area contributed by atoms with Gasteiger partial charge in [-0.05, 0) is 12.1 Å². The summed E-state index contributed by atoms with van der Waals surface area (Å²) >= 11 is 0. The Labute approximate surface area is 101 Å². The van der Waals surface area contributed by atoms with Crippen molar-refractivity contribution in [2.24, 2.45) is 0 Å². The molecule has 0 unspecified atom stereocenters. The predicted octanol–water partition coefficient (Wildman–Crippen LogP) is 1.03. The van der Waals surface area contributed by atoms with Gasteiger partial charge >= 0.3 is 11.9 Å². The number of ether oxygens (including phenoxy) is 1. The molecule has 0 atom stereocenters. The molecular formula is C11H8N2O5. The first kappa shape index (κ1) is 11.8. The van der Waals surface area contributed by atoms with Crippen LogP contribution in [0, 0.1) is 0 Å². The molecule has 0 aliphatic heterocycles. The van der Waals surface area contributed by atoms with Crippen LogP contribution in [0.15, 0.2) is 18.2 Å². The minimum atomic E-state index is -1.44. The number of aromatic carboxylic acids is 2. The molecule has 1 aromatic carbocycles. The van der Waals surface area contributed by atoms with Gasteiger partial charge in [0.1, 0.15) is 5.75 Å². The van der Waals surface area contributed by atoms with E-state index in [4.69, 9.17) is 14.9 Å². The van der Waals surface area contributed by atoms with Gasteiger partial charge in [-0.1, -0.05) is 0 Å². The van der Waals surface area contributed by atoms with Crippen LogP contribution in [0.3, 0.4) is 0 Å². The van der Waals surface area contributed by atoms with E-state index in [-0.39, 0.29) is 5.52 Å². The number of aromatic nitrogens is 2. The van der Waals surface area contributed by atoms with Gasteiger partial charge in [-0.15, -0.1) is 0 Å². The Hall–Kier alpha value is -2.70. The average molecular weight is 248 g/mol. The molecule has 1 heterocycles. The highest BCUT2D eigenvalue weighted by Crippen LogP contribution is 2.19. The monoisotopic (exact) mass is 248 g/mol. The van der Waals surface area contributed by atoms with Gasteiger partial charge in [0, 0.05) is 6.07 Å². The lowest BCUT2D eigenvalue weighted by molar-refractivity contribution is 0.0642. The van der Waals surface area contributed by atoms with Crippen molar-refractivity contribution in [3.63, 3.8) is 0 Å². The minimum absolute atomic E-state index is 0.261. The van der Waals surface area contributed by atoms with Gasteiger partial charge in [-0.25, -0.2) is 19.6 Å². The third-order valence-electron chi connectivity index (χ3n) is 2.28. The summed E-state index contributed by atoms with van der Waals surface area (Å²) in [5.74, 6) is -2.39. The van der Waals surface area contributed by atoms with E-state index in [1.54, 1.807) is 6.07 Å². The highest BCUT2D eigenvalue weighted by Gasteiger charge is 2.20. The molecule has 0 aliphatic carbocycles. The van der Waals surface area contributed by atoms with Crippen LogP contribution in [0.2, 0.25) is 0 Å². The van der Waals surface area contributed by atoms with Gasteiger partial charge < -0.3 is 14.9 Å². The van der Waals surface area contributed by atoms with E-state index in [1.807, 2.05) is 0 Å². The zero-order valence-corrected chi connectivity index (χ0v) is 9.25. The summed E-state index contributed by atoms with van der Waals surface area (Å²) in [6, 6.07) is 4.59. The van der Waals surface area contributed by atoms with Crippen LogP contribution < -0.4 is 4.74 Å². The molecule has 0 saturated carbocycles. The standard InChI is InChI=1S/C11H8N2O5/c1-18-5-2-3-6-7(4-5)13-9(11(16)17)8(12-6)10(14)15/h2-4H,1H3,(H,14,15)(H,16,17). The maximum absolute atomic E-state index is 10.9. The Morgan fingerprint density at radius 3 is 2.11 bits per heavy atom. The molecule has 0 aliphatic rings. The Morgan fingerprint density at radius 2 is 1.61 bits per heavy atom. The van der Waals surface area contributed by atoms with Gasteiger partial charge in [0.15, 0.2) is 11.4 Å². The first-order valence-electron chi connectivity index (χ1n) is 4.85. The van der Waals surface area contributed by atoms with Gasteiger partial charge in [0.25, 0.3) is 0 Å². The fourth-order valence-corrected chi connectivity index (χ4v) is 1.46. The van der Waals surface area contributed by atoms with Crippen molar-refractivity contribution in [1.82, 2.24) is 9.97 Å². The molecule has 7 nitrogen and oxygen atoms in total. The molecular weight excluding hydrogens is 240 g/mol. The lowest BCUT2D eigenvalue weighted by atomic mass is 10.2. The number of fused-ring (bicyclic) bond motifs is 1. The van der Waals surface area contributed by atoms with Crippen molar-refractivity contribution >= 4 is 23.0 Å². The summed E-state index contributed by atoms with van der Waals surface area (Å²) in [5.41, 5.74) is -0.627. The van der Waals surface area contributed by atoms with Gasteiger partial charge in [-0.3, -0.25) is 0 Å². The molecule has 1 aromatic heterocycles. The number of carbonyl (C=O) groups is 2. The van der Waals surface area contributed by atoms with E-state index in [0.717, 1.165) is 0 Å². The Bertz CT molecular complexity index is 653. The van der Waals surface area contributed by atoms with Crippen molar-refractivity contribution in [1.29, 1.82) is 0 Å². The number of methoxy groups -OCH3 is 1.